The monoisotopic (exact) mass is 476 g/mol. The Morgan fingerprint density at radius 3 is 2.61 bits per heavy atom. The Balaban J connectivity index is 1.27. The van der Waals surface area contributed by atoms with Crippen molar-refractivity contribution in [3.05, 3.63) is 64.5 Å². The number of benzene rings is 2. The van der Waals surface area contributed by atoms with Crippen LogP contribution in [0.25, 0.3) is 0 Å². The van der Waals surface area contributed by atoms with Crippen molar-refractivity contribution >= 4 is 17.9 Å². The van der Waals surface area contributed by atoms with Crippen LogP contribution in [0.2, 0.25) is 0 Å². The van der Waals surface area contributed by atoms with Gasteiger partial charge in [-0.2, -0.15) is 0 Å². The van der Waals surface area contributed by atoms with Gasteiger partial charge in [0.05, 0.1) is 5.56 Å². The zero-order valence-corrected chi connectivity index (χ0v) is 19.1. The average molecular weight is 477 g/mol. The summed E-state index contributed by atoms with van der Waals surface area (Å²) in [6, 6.07) is 6.64. The van der Waals surface area contributed by atoms with E-state index in [1.165, 1.54) is 30.1 Å². The number of ether oxygens (including phenoxy) is 1. The number of hydrogen-bond acceptors (Lipinski definition) is 4. The van der Waals surface area contributed by atoms with Crippen LogP contribution in [0.1, 0.15) is 65.9 Å². The van der Waals surface area contributed by atoms with Crippen molar-refractivity contribution in [3.63, 3.8) is 0 Å². The van der Waals surface area contributed by atoms with E-state index in [0.29, 0.717) is 29.7 Å². The molecule has 33 heavy (non-hydrogen) atoms. The third kappa shape index (κ3) is 5.66. The van der Waals surface area contributed by atoms with E-state index < -0.39 is 23.4 Å². The second-order valence-electron chi connectivity index (χ2n) is 9.25. The van der Waals surface area contributed by atoms with Crippen LogP contribution in [0.3, 0.4) is 0 Å². The molecular weight excluding hydrogens is 449 g/mol. The number of rotatable bonds is 8. The number of hydrogen-bond donors (Lipinski definition) is 1. The molecule has 8 heteroatoms. The standard InChI is InChI=1S/C25H27F3N2O2S/c26-17-6-5-16(22(27)10-17)13-30-9-1-2-18(14-30)32-24-12-23(28)21(11-20(24)15-3-4-15)25(31)29-33-19-7-8-19/h5-6,10-12,15,18-19H,1-4,7-9,13-14H2,(H,29,31)/t18-/m1/s1. The third-order valence-corrected chi connectivity index (χ3v) is 7.48. The lowest BCUT2D eigenvalue weighted by atomic mass is 10.0. The van der Waals surface area contributed by atoms with Gasteiger partial charge in [-0.1, -0.05) is 6.07 Å². The van der Waals surface area contributed by atoms with Gasteiger partial charge < -0.3 is 4.74 Å². The zero-order valence-electron chi connectivity index (χ0n) is 18.3. The van der Waals surface area contributed by atoms with Gasteiger partial charge in [-0.25, -0.2) is 13.2 Å². The summed E-state index contributed by atoms with van der Waals surface area (Å²) in [6.45, 7) is 1.73. The van der Waals surface area contributed by atoms with Gasteiger partial charge in [-0.15, -0.1) is 0 Å². The fraction of sp³-hybridized carbons (Fsp3) is 0.480. The van der Waals surface area contributed by atoms with E-state index in [4.69, 9.17) is 4.74 Å². The summed E-state index contributed by atoms with van der Waals surface area (Å²) in [5.41, 5.74) is 1.40. The van der Waals surface area contributed by atoms with Gasteiger partial charge in [0.2, 0.25) is 0 Å². The summed E-state index contributed by atoms with van der Waals surface area (Å²) in [5, 5.41) is 0.445. The highest BCUT2D eigenvalue weighted by Gasteiger charge is 2.32. The minimum Gasteiger partial charge on any atom is -0.489 e. The summed E-state index contributed by atoms with van der Waals surface area (Å²) < 4.78 is 51.2. The average Bonchev–Trinajstić information content (AvgIpc) is 3.68. The Kier molecular flexibility index (Phi) is 6.56. The van der Waals surface area contributed by atoms with E-state index in [1.807, 2.05) is 0 Å². The molecule has 0 radical (unpaired) electrons. The van der Waals surface area contributed by atoms with E-state index in [0.717, 1.165) is 56.7 Å². The number of carbonyl (C=O) groups excluding carboxylic acids is 1. The summed E-state index contributed by atoms with van der Waals surface area (Å²) in [7, 11) is 0. The second kappa shape index (κ2) is 9.58. The van der Waals surface area contributed by atoms with Crippen molar-refractivity contribution in [2.45, 2.75) is 62.3 Å². The molecule has 1 N–H and O–H groups in total. The Bertz CT molecular complexity index is 1040. The SMILES string of the molecule is O=C(NSC1CC1)c1cc(C2CC2)c(O[C@@H]2CCCN(Cc3ccc(F)cc3F)C2)cc1F. The minimum atomic E-state index is -0.589. The van der Waals surface area contributed by atoms with Crippen molar-refractivity contribution in [2.75, 3.05) is 13.1 Å². The molecule has 0 aromatic heterocycles. The number of halogens is 3. The predicted octanol–water partition coefficient (Wildman–Crippen LogP) is 5.57. The normalized spacial score (nSPS) is 21.1. The molecule has 0 unspecified atom stereocenters. The number of carbonyl (C=O) groups is 1. The van der Waals surface area contributed by atoms with Crippen molar-refractivity contribution in [1.82, 2.24) is 9.62 Å². The van der Waals surface area contributed by atoms with Gasteiger partial charge in [0.1, 0.15) is 29.3 Å². The molecule has 2 saturated carbocycles. The maximum Gasteiger partial charge on any atom is 0.264 e. The second-order valence-corrected chi connectivity index (χ2v) is 10.4. The third-order valence-electron chi connectivity index (χ3n) is 6.37. The molecule has 1 atom stereocenters. The van der Waals surface area contributed by atoms with Crippen LogP contribution >= 0.6 is 11.9 Å². The van der Waals surface area contributed by atoms with Gasteiger partial charge in [-0.05, 0) is 80.6 Å². The highest BCUT2D eigenvalue weighted by molar-refractivity contribution is 7.98. The molecule has 2 aromatic carbocycles. The molecule has 1 aliphatic heterocycles. The number of amides is 1. The van der Waals surface area contributed by atoms with E-state index >= 15 is 0 Å². The highest BCUT2D eigenvalue weighted by Crippen LogP contribution is 2.45. The topological polar surface area (TPSA) is 41.6 Å². The highest BCUT2D eigenvalue weighted by atomic mass is 32.2. The molecule has 3 aliphatic rings. The molecule has 176 valence electrons. The summed E-state index contributed by atoms with van der Waals surface area (Å²) in [6.07, 6.45) is 5.69. The first kappa shape index (κ1) is 22.6. The Hall–Kier alpha value is -2.19. The largest absolute Gasteiger partial charge is 0.489 e. The van der Waals surface area contributed by atoms with E-state index in [1.54, 1.807) is 6.07 Å². The van der Waals surface area contributed by atoms with Crippen LogP contribution in [-0.4, -0.2) is 35.3 Å². The van der Waals surface area contributed by atoms with Gasteiger partial charge in [-0.3, -0.25) is 14.4 Å². The predicted molar refractivity (Wildman–Crippen MR) is 122 cm³/mol. The molecule has 3 fully saturated rings. The lowest BCUT2D eigenvalue weighted by molar-refractivity contribution is 0.0826. The molecular formula is C25H27F3N2O2S. The van der Waals surface area contributed by atoms with Crippen molar-refractivity contribution in [3.8, 4) is 5.75 Å². The number of nitrogens with zero attached hydrogens (tertiary/aromatic N) is 1. The molecule has 2 aliphatic carbocycles. The van der Waals surface area contributed by atoms with Crippen molar-refractivity contribution in [2.24, 2.45) is 0 Å². The molecule has 2 aromatic rings. The van der Waals surface area contributed by atoms with Gasteiger partial charge in [0.15, 0.2) is 0 Å². The van der Waals surface area contributed by atoms with Crippen LogP contribution in [0, 0.1) is 17.5 Å². The van der Waals surface area contributed by atoms with Crippen LogP contribution < -0.4 is 9.46 Å². The van der Waals surface area contributed by atoms with E-state index in [-0.39, 0.29) is 17.6 Å². The maximum absolute atomic E-state index is 14.9. The smallest absolute Gasteiger partial charge is 0.264 e. The molecule has 1 saturated heterocycles. The quantitative estimate of drug-likeness (QED) is 0.506. The summed E-state index contributed by atoms with van der Waals surface area (Å²) in [5.74, 6) is -1.33. The molecule has 1 heterocycles. The molecule has 1 amide bonds. The first-order valence-corrected chi connectivity index (χ1v) is 12.5. The van der Waals surface area contributed by atoms with Crippen molar-refractivity contribution in [1.29, 1.82) is 0 Å². The molecule has 0 spiro atoms. The lowest BCUT2D eigenvalue weighted by Gasteiger charge is -2.33. The molecule has 5 rings (SSSR count). The lowest BCUT2D eigenvalue weighted by Crippen LogP contribution is -2.41. The first-order valence-electron chi connectivity index (χ1n) is 11.6. The number of piperidine rings is 1. The molecule has 4 nitrogen and oxygen atoms in total. The van der Waals surface area contributed by atoms with Gasteiger partial charge in [0, 0.05) is 36.0 Å². The minimum absolute atomic E-state index is 0.0643. The zero-order chi connectivity index (χ0) is 22.9. The van der Waals surface area contributed by atoms with Crippen LogP contribution in [0.15, 0.2) is 30.3 Å². The van der Waals surface area contributed by atoms with Crippen LogP contribution in [0.5, 0.6) is 5.75 Å². The molecule has 0 bridgehead atoms. The van der Waals surface area contributed by atoms with Crippen LogP contribution in [0.4, 0.5) is 13.2 Å². The van der Waals surface area contributed by atoms with Crippen LogP contribution in [-0.2, 0) is 6.54 Å². The van der Waals surface area contributed by atoms with Gasteiger partial charge in [0.25, 0.3) is 5.91 Å². The Morgan fingerprint density at radius 1 is 1.06 bits per heavy atom. The number of nitrogens with one attached hydrogen (secondary N) is 1. The Morgan fingerprint density at radius 2 is 1.88 bits per heavy atom. The fourth-order valence-electron chi connectivity index (χ4n) is 4.26. The summed E-state index contributed by atoms with van der Waals surface area (Å²) in [4.78, 5) is 14.6. The Labute approximate surface area is 196 Å². The fourth-order valence-corrected chi connectivity index (χ4v) is 5.02. The first-order chi connectivity index (χ1) is 16.0. The maximum atomic E-state index is 14.9. The van der Waals surface area contributed by atoms with Crippen molar-refractivity contribution < 1.29 is 22.7 Å². The van der Waals surface area contributed by atoms with E-state index in [9.17, 15) is 18.0 Å². The van der Waals surface area contributed by atoms with Gasteiger partial charge >= 0.3 is 0 Å². The number of likely N-dealkylation sites (tertiary alicyclic amines) is 1. The van der Waals surface area contributed by atoms with E-state index in [2.05, 4.69) is 9.62 Å². The summed E-state index contributed by atoms with van der Waals surface area (Å²) >= 11 is 1.37.